The molecule has 0 radical (unpaired) electrons. The molecule has 7 nitrogen and oxygen atoms in total. The first-order valence-corrected chi connectivity index (χ1v) is 8.51. The number of Topliss-reactive ketones (excluding diaryl/α,β-unsaturated/α-hetero) is 1. The SMILES string of the molecule is COc1cc(C(=O)C2=Cc3ccc(OC)c(OC)c3OC2)cc(OC)c1OC. The van der Waals surface area contributed by atoms with Gasteiger partial charge in [0.1, 0.15) is 6.61 Å². The minimum atomic E-state index is -0.195. The Balaban J connectivity index is 2.02. The maximum atomic E-state index is 13.1. The van der Waals surface area contributed by atoms with Crippen LogP contribution in [0.25, 0.3) is 6.08 Å². The molecular formula is C21H22O7. The van der Waals surface area contributed by atoms with Crippen LogP contribution in [0.3, 0.4) is 0 Å². The maximum Gasteiger partial charge on any atom is 0.203 e. The number of fused-ring (bicyclic) bond motifs is 1. The normalized spacial score (nSPS) is 12.2. The molecule has 1 aliphatic rings. The predicted octanol–water partition coefficient (Wildman–Crippen LogP) is 3.39. The van der Waals surface area contributed by atoms with Crippen LogP contribution in [-0.4, -0.2) is 47.9 Å². The van der Waals surface area contributed by atoms with E-state index >= 15 is 0 Å². The van der Waals surface area contributed by atoms with Crippen molar-refractivity contribution >= 4 is 11.9 Å². The first-order valence-electron chi connectivity index (χ1n) is 8.51. The molecule has 0 amide bonds. The molecule has 0 saturated carbocycles. The fourth-order valence-electron chi connectivity index (χ4n) is 3.08. The highest BCUT2D eigenvalue weighted by molar-refractivity contribution is 6.12. The lowest BCUT2D eigenvalue weighted by Gasteiger charge is -2.21. The van der Waals surface area contributed by atoms with Gasteiger partial charge in [-0.25, -0.2) is 0 Å². The van der Waals surface area contributed by atoms with E-state index in [0.717, 1.165) is 5.56 Å². The number of rotatable bonds is 7. The van der Waals surface area contributed by atoms with E-state index in [1.54, 1.807) is 38.5 Å². The smallest absolute Gasteiger partial charge is 0.203 e. The molecule has 2 aromatic carbocycles. The van der Waals surface area contributed by atoms with Gasteiger partial charge in [-0.2, -0.15) is 0 Å². The number of carbonyl (C=O) groups excluding carboxylic acids is 1. The van der Waals surface area contributed by atoms with Crippen molar-refractivity contribution in [2.45, 2.75) is 0 Å². The van der Waals surface area contributed by atoms with Gasteiger partial charge in [-0.1, -0.05) is 0 Å². The summed E-state index contributed by atoms with van der Waals surface area (Å²) in [5, 5.41) is 0. The lowest BCUT2D eigenvalue weighted by Crippen LogP contribution is -2.16. The minimum absolute atomic E-state index is 0.103. The Labute approximate surface area is 163 Å². The summed E-state index contributed by atoms with van der Waals surface area (Å²) in [6, 6.07) is 6.83. The van der Waals surface area contributed by atoms with Crippen molar-refractivity contribution in [1.82, 2.24) is 0 Å². The number of hydrogen-bond donors (Lipinski definition) is 0. The van der Waals surface area contributed by atoms with Crippen LogP contribution in [0.4, 0.5) is 0 Å². The monoisotopic (exact) mass is 386 g/mol. The summed E-state index contributed by atoms with van der Waals surface area (Å²) in [6.45, 7) is 0.103. The second kappa shape index (κ2) is 8.12. The Bertz CT molecular complexity index is 906. The van der Waals surface area contributed by atoms with Crippen LogP contribution >= 0.6 is 0 Å². The van der Waals surface area contributed by atoms with E-state index in [1.165, 1.54) is 21.3 Å². The Kier molecular flexibility index (Phi) is 5.63. The molecule has 0 aromatic heterocycles. The lowest BCUT2D eigenvalue weighted by molar-refractivity contribution is 0.102. The number of ketones is 1. The zero-order valence-electron chi connectivity index (χ0n) is 16.5. The zero-order valence-corrected chi connectivity index (χ0v) is 16.5. The summed E-state index contributed by atoms with van der Waals surface area (Å²) >= 11 is 0. The largest absolute Gasteiger partial charge is 0.493 e. The quantitative estimate of drug-likeness (QED) is 0.676. The maximum absolute atomic E-state index is 13.1. The molecule has 0 atom stereocenters. The second-order valence-corrected chi connectivity index (χ2v) is 5.92. The molecule has 0 fully saturated rings. The number of ether oxygens (including phenoxy) is 6. The predicted molar refractivity (Wildman–Crippen MR) is 103 cm³/mol. The standard InChI is InChI=1S/C21H22O7/c1-23-15-7-6-12-8-14(11-28-19(12)21(15)27-5)18(22)13-9-16(24-2)20(26-4)17(10-13)25-3/h6-10H,11H2,1-5H3. The number of benzene rings is 2. The molecule has 7 heteroatoms. The first kappa shape index (κ1) is 19.4. The highest BCUT2D eigenvalue weighted by Crippen LogP contribution is 2.43. The molecule has 3 rings (SSSR count). The molecule has 1 aliphatic heterocycles. The third kappa shape index (κ3) is 3.31. The van der Waals surface area contributed by atoms with Gasteiger partial charge in [-0.15, -0.1) is 0 Å². The van der Waals surface area contributed by atoms with Crippen LogP contribution in [0.15, 0.2) is 29.8 Å². The average molecular weight is 386 g/mol. The minimum Gasteiger partial charge on any atom is -0.493 e. The molecule has 148 valence electrons. The Morgan fingerprint density at radius 1 is 0.821 bits per heavy atom. The Morgan fingerprint density at radius 2 is 1.43 bits per heavy atom. The van der Waals surface area contributed by atoms with Crippen molar-refractivity contribution in [3.8, 4) is 34.5 Å². The van der Waals surface area contributed by atoms with Crippen LogP contribution in [0, 0.1) is 0 Å². The Morgan fingerprint density at radius 3 is 1.96 bits per heavy atom. The van der Waals surface area contributed by atoms with Crippen molar-refractivity contribution in [2.24, 2.45) is 0 Å². The molecule has 1 heterocycles. The summed E-state index contributed by atoms with van der Waals surface area (Å²) in [6.07, 6.45) is 1.78. The van der Waals surface area contributed by atoms with Crippen LogP contribution in [0.1, 0.15) is 15.9 Å². The third-order valence-electron chi connectivity index (χ3n) is 4.45. The van der Waals surface area contributed by atoms with Gasteiger partial charge in [0.05, 0.1) is 35.5 Å². The second-order valence-electron chi connectivity index (χ2n) is 5.92. The highest BCUT2D eigenvalue weighted by atomic mass is 16.5. The van der Waals surface area contributed by atoms with E-state index in [0.29, 0.717) is 45.6 Å². The number of methoxy groups -OCH3 is 5. The fourth-order valence-corrected chi connectivity index (χ4v) is 3.08. The van der Waals surface area contributed by atoms with Crippen molar-refractivity contribution in [1.29, 1.82) is 0 Å². The van der Waals surface area contributed by atoms with E-state index in [1.807, 2.05) is 6.07 Å². The summed E-state index contributed by atoms with van der Waals surface area (Å²) in [5.41, 5.74) is 1.64. The zero-order chi connectivity index (χ0) is 20.3. The molecule has 28 heavy (non-hydrogen) atoms. The van der Waals surface area contributed by atoms with Crippen molar-refractivity contribution in [3.63, 3.8) is 0 Å². The molecular weight excluding hydrogens is 364 g/mol. The molecule has 0 unspecified atom stereocenters. The van der Waals surface area contributed by atoms with E-state index < -0.39 is 0 Å². The van der Waals surface area contributed by atoms with Gasteiger partial charge >= 0.3 is 0 Å². The van der Waals surface area contributed by atoms with E-state index in [9.17, 15) is 4.79 Å². The van der Waals surface area contributed by atoms with Gasteiger partial charge < -0.3 is 28.4 Å². The molecule has 0 spiro atoms. The van der Waals surface area contributed by atoms with Gasteiger partial charge in [-0.05, 0) is 30.3 Å². The number of carbonyl (C=O) groups is 1. The average Bonchev–Trinajstić information content (AvgIpc) is 2.75. The van der Waals surface area contributed by atoms with Crippen molar-refractivity contribution < 1.29 is 33.2 Å². The van der Waals surface area contributed by atoms with Crippen LogP contribution in [-0.2, 0) is 0 Å². The van der Waals surface area contributed by atoms with Gasteiger partial charge in [0, 0.05) is 16.7 Å². The summed E-state index contributed by atoms with van der Waals surface area (Å²) in [5.74, 6) is 2.66. The van der Waals surface area contributed by atoms with Crippen LogP contribution in [0.5, 0.6) is 34.5 Å². The fraction of sp³-hybridized carbons (Fsp3) is 0.286. The summed E-state index contributed by atoms with van der Waals surface area (Å²) in [4.78, 5) is 13.1. The van der Waals surface area contributed by atoms with Gasteiger partial charge in [0.25, 0.3) is 0 Å². The first-order chi connectivity index (χ1) is 13.6. The third-order valence-corrected chi connectivity index (χ3v) is 4.45. The van der Waals surface area contributed by atoms with Gasteiger partial charge in [0.2, 0.25) is 11.5 Å². The molecule has 0 aliphatic carbocycles. The van der Waals surface area contributed by atoms with Gasteiger partial charge in [-0.3, -0.25) is 4.79 Å². The van der Waals surface area contributed by atoms with Crippen LogP contribution in [0.2, 0.25) is 0 Å². The Hall–Kier alpha value is -3.35. The highest BCUT2D eigenvalue weighted by Gasteiger charge is 2.25. The van der Waals surface area contributed by atoms with Crippen molar-refractivity contribution in [3.05, 3.63) is 41.0 Å². The molecule has 0 N–H and O–H groups in total. The lowest BCUT2D eigenvalue weighted by atomic mass is 9.98. The van der Waals surface area contributed by atoms with E-state index in [2.05, 4.69) is 0 Å². The summed E-state index contributed by atoms with van der Waals surface area (Å²) < 4.78 is 32.5. The van der Waals surface area contributed by atoms with E-state index in [-0.39, 0.29) is 12.4 Å². The molecule has 0 bridgehead atoms. The van der Waals surface area contributed by atoms with Crippen LogP contribution < -0.4 is 28.4 Å². The number of hydrogen-bond acceptors (Lipinski definition) is 7. The molecule has 2 aromatic rings. The van der Waals surface area contributed by atoms with Gasteiger partial charge in [0.15, 0.2) is 28.8 Å². The summed E-state index contributed by atoms with van der Waals surface area (Å²) in [7, 11) is 7.62. The topological polar surface area (TPSA) is 72.5 Å². The van der Waals surface area contributed by atoms with E-state index in [4.69, 9.17) is 28.4 Å². The van der Waals surface area contributed by atoms with Crippen molar-refractivity contribution in [2.75, 3.05) is 42.2 Å². The molecule has 0 saturated heterocycles.